The van der Waals surface area contributed by atoms with Gasteiger partial charge in [-0.3, -0.25) is 0 Å². The zero-order chi connectivity index (χ0) is 14.5. The highest BCUT2D eigenvalue weighted by atomic mass is 16.3. The van der Waals surface area contributed by atoms with Crippen LogP contribution in [0.1, 0.15) is 36.3 Å². The summed E-state index contributed by atoms with van der Waals surface area (Å²) in [6.45, 7) is 6.11. The molecule has 2 aromatic rings. The van der Waals surface area contributed by atoms with Crippen molar-refractivity contribution in [3.05, 3.63) is 72.3 Å². The number of aromatic hydroxyl groups is 2. The second-order valence-electron chi connectivity index (χ2n) is 4.96. The molecule has 2 N–H and O–H groups in total. The van der Waals surface area contributed by atoms with Crippen LogP contribution in [0.3, 0.4) is 0 Å². The summed E-state index contributed by atoms with van der Waals surface area (Å²) in [4.78, 5) is 0. The third-order valence-corrected chi connectivity index (χ3v) is 3.73. The molecule has 2 heteroatoms. The van der Waals surface area contributed by atoms with E-state index in [4.69, 9.17) is 0 Å². The maximum Gasteiger partial charge on any atom is 0.115 e. The molecule has 0 aliphatic carbocycles. The Morgan fingerprint density at radius 1 is 0.900 bits per heavy atom. The Hall–Kier alpha value is -2.22. The van der Waals surface area contributed by atoms with Crippen LogP contribution in [0.2, 0.25) is 0 Å². The maximum atomic E-state index is 9.41. The predicted molar refractivity (Wildman–Crippen MR) is 82.2 cm³/mol. The smallest absolute Gasteiger partial charge is 0.115 e. The van der Waals surface area contributed by atoms with Crippen LogP contribution in [0.15, 0.2) is 61.2 Å². The molecule has 2 nitrogen and oxygen atoms in total. The first-order chi connectivity index (χ1) is 9.65. The fraction of sp³-hybridized carbons (Fsp3) is 0.222. The Bertz CT molecular complexity index is 555. The lowest BCUT2D eigenvalue weighted by atomic mass is 9.80. The Morgan fingerprint density at radius 3 is 1.75 bits per heavy atom. The minimum Gasteiger partial charge on any atom is -0.508 e. The van der Waals surface area contributed by atoms with Crippen LogP contribution in [-0.2, 0) is 0 Å². The molecule has 0 aromatic heterocycles. The van der Waals surface area contributed by atoms with E-state index in [1.54, 1.807) is 24.3 Å². The second kappa shape index (κ2) is 6.29. The third kappa shape index (κ3) is 3.02. The van der Waals surface area contributed by atoms with Crippen molar-refractivity contribution in [1.29, 1.82) is 0 Å². The number of allylic oxidation sites excluding steroid dienone is 1. The van der Waals surface area contributed by atoms with E-state index >= 15 is 0 Å². The predicted octanol–water partition coefficient (Wildman–Crippen LogP) is 4.56. The first-order valence-electron chi connectivity index (χ1n) is 6.86. The molecule has 2 rings (SSSR count). The number of phenols is 2. The Balaban J connectivity index is 2.34. The van der Waals surface area contributed by atoms with Gasteiger partial charge < -0.3 is 10.2 Å². The number of phenolic OH excluding ortho intramolecular Hbond substituents is 2. The topological polar surface area (TPSA) is 40.5 Å². The Kier molecular flexibility index (Phi) is 4.46. The van der Waals surface area contributed by atoms with Crippen molar-refractivity contribution in [2.24, 2.45) is 0 Å². The molecule has 2 atom stereocenters. The second-order valence-corrected chi connectivity index (χ2v) is 4.96. The number of hydrogen-bond acceptors (Lipinski definition) is 2. The Labute approximate surface area is 120 Å². The summed E-state index contributed by atoms with van der Waals surface area (Å²) in [5.74, 6) is 1.04. The van der Waals surface area contributed by atoms with Crippen molar-refractivity contribution in [3.8, 4) is 11.5 Å². The van der Waals surface area contributed by atoms with Crippen LogP contribution < -0.4 is 0 Å². The van der Waals surface area contributed by atoms with Gasteiger partial charge in [0.2, 0.25) is 0 Å². The summed E-state index contributed by atoms with van der Waals surface area (Å²) in [5, 5.41) is 18.8. The molecule has 0 aliphatic heterocycles. The van der Waals surface area contributed by atoms with E-state index in [0.717, 1.165) is 12.0 Å². The molecule has 0 amide bonds. The average Bonchev–Trinajstić information content (AvgIpc) is 2.47. The SMILES string of the molecule is C=CC(c1ccc(O)cc1)C(CC)c1ccc(O)cc1. The summed E-state index contributed by atoms with van der Waals surface area (Å²) < 4.78 is 0. The minimum atomic E-state index is 0.185. The molecule has 0 saturated heterocycles. The van der Waals surface area contributed by atoms with Crippen molar-refractivity contribution in [2.45, 2.75) is 25.2 Å². The molecular formula is C18H20O2. The van der Waals surface area contributed by atoms with Crippen molar-refractivity contribution >= 4 is 0 Å². The van der Waals surface area contributed by atoms with Crippen LogP contribution in [-0.4, -0.2) is 10.2 Å². The summed E-state index contributed by atoms with van der Waals surface area (Å²) >= 11 is 0. The monoisotopic (exact) mass is 268 g/mol. The molecule has 20 heavy (non-hydrogen) atoms. The van der Waals surface area contributed by atoms with Gasteiger partial charge in [0.05, 0.1) is 0 Å². The quantitative estimate of drug-likeness (QED) is 0.780. The van der Waals surface area contributed by atoms with Crippen LogP contribution in [0, 0.1) is 0 Å². The first kappa shape index (κ1) is 14.2. The maximum absolute atomic E-state index is 9.41. The fourth-order valence-corrected chi connectivity index (χ4v) is 2.65. The summed E-state index contributed by atoms with van der Waals surface area (Å²) in [5.41, 5.74) is 2.32. The van der Waals surface area contributed by atoms with Gasteiger partial charge in [-0.1, -0.05) is 37.3 Å². The van der Waals surface area contributed by atoms with E-state index in [0.29, 0.717) is 5.92 Å². The molecule has 2 unspecified atom stereocenters. The van der Waals surface area contributed by atoms with Gasteiger partial charge in [-0.2, -0.15) is 0 Å². The summed E-state index contributed by atoms with van der Waals surface area (Å²) in [6, 6.07) is 14.6. The van der Waals surface area contributed by atoms with E-state index in [2.05, 4.69) is 13.5 Å². The molecular weight excluding hydrogens is 248 g/mol. The van der Waals surface area contributed by atoms with Gasteiger partial charge in [0.15, 0.2) is 0 Å². The molecule has 2 aromatic carbocycles. The van der Waals surface area contributed by atoms with Crippen LogP contribution in [0.25, 0.3) is 0 Å². The number of hydrogen-bond donors (Lipinski definition) is 2. The van der Waals surface area contributed by atoms with Crippen molar-refractivity contribution < 1.29 is 10.2 Å². The van der Waals surface area contributed by atoms with Crippen molar-refractivity contribution in [1.82, 2.24) is 0 Å². The zero-order valence-corrected chi connectivity index (χ0v) is 11.7. The molecule has 0 saturated carbocycles. The first-order valence-corrected chi connectivity index (χ1v) is 6.86. The molecule has 104 valence electrons. The number of rotatable bonds is 5. The summed E-state index contributed by atoms with van der Waals surface area (Å²) in [7, 11) is 0. The molecule has 0 radical (unpaired) electrons. The minimum absolute atomic E-state index is 0.185. The van der Waals surface area contributed by atoms with Gasteiger partial charge in [-0.25, -0.2) is 0 Å². The van der Waals surface area contributed by atoms with E-state index in [1.165, 1.54) is 5.56 Å². The summed E-state index contributed by atoms with van der Waals surface area (Å²) in [6.07, 6.45) is 2.93. The largest absolute Gasteiger partial charge is 0.508 e. The van der Waals surface area contributed by atoms with Gasteiger partial charge in [-0.05, 0) is 47.7 Å². The highest BCUT2D eigenvalue weighted by molar-refractivity contribution is 5.36. The standard InChI is InChI=1S/C18H20O2/c1-3-17(13-5-9-15(19)10-6-13)18(4-2)14-7-11-16(20)12-8-14/h3,5-12,17-20H,1,4H2,2H3. The lowest BCUT2D eigenvalue weighted by Gasteiger charge is -2.24. The van der Waals surface area contributed by atoms with E-state index < -0.39 is 0 Å². The van der Waals surface area contributed by atoms with Crippen LogP contribution in [0.4, 0.5) is 0 Å². The highest BCUT2D eigenvalue weighted by Crippen LogP contribution is 2.37. The van der Waals surface area contributed by atoms with E-state index in [-0.39, 0.29) is 17.4 Å². The number of benzene rings is 2. The molecule has 0 fully saturated rings. The van der Waals surface area contributed by atoms with Gasteiger partial charge in [0.1, 0.15) is 11.5 Å². The molecule has 0 heterocycles. The zero-order valence-electron chi connectivity index (χ0n) is 11.7. The van der Waals surface area contributed by atoms with Crippen LogP contribution in [0.5, 0.6) is 11.5 Å². The van der Waals surface area contributed by atoms with Gasteiger partial charge >= 0.3 is 0 Å². The van der Waals surface area contributed by atoms with Gasteiger partial charge in [0.25, 0.3) is 0 Å². The van der Waals surface area contributed by atoms with E-state index in [1.807, 2.05) is 30.3 Å². The fourth-order valence-electron chi connectivity index (χ4n) is 2.65. The Morgan fingerprint density at radius 2 is 1.35 bits per heavy atom. The van der Waals surface area contributed by atoms with Crippen LogP contribution >= 0.6 is 0 Å². The van der Waals surface area contributed by atoms with Crippen molar-refractivity contribution in [2.75, 3.05) is 0 Å². The third-order valence-electron chi connectivity index (χ3n) is 3.73. The molecule has 0 bridgehead atoms. The van der Waals surface area contributed by atoms with Gasteiger partial charge in [0, 0.05) is 5.92 Å². The highest BCUT2D eigenvalue weighted by Gasteiger charge is 2.20. The van der Waals surface area contributed by atoms with Crippen molar-refractivity contribution in [3.63, 3.8) is 0 Å². The molecule has 0 aliphatic rings. The average molecular weight is 268 g/mol. The normalized spacial score (nSPS) is 13.7. The molecule has 0 spiro atoms. The van der Waals surface area contributed by atoms with Gasteiger partial charge in [-0.15, -0.1) is 6.58 Å². The van der Waals surface area contributed by atoms with E-state index in [9.17, 15) is 10.2 Å². The lowest BCUT2D eigenvalue weighted by Crippen LogP contribution is -2.08. The lowest BCUT2D eigenvalue weighted by molar-refractivity contribution is 0.473.